The maximum atomic E-state index is 12.1. The average Bonchev–Trinajstić information content (AvgIpc) is 2.48. The van der Waals surface area contributed by atoms with Gasteiger partial charge in [0, 0.05) is 26.1 Å². The number of hydrogen-bond donors (Lipinski definition) is 0. The SMILES string of the molecule is CCCC(=O)N1CCN(C)C(c2cccc(OC)c2)C1. The molecule has 1 atom stereocenters. The zero-order valence-electron chi connectivity index (χ0n) is 12.6. The minimum absolute atomic E-state index is 0.250. The lowest BCUT2D eigenvalue weighted by Gasteiger charge is -2.39. The number of amides is 1. The van der Waals surface area contributed by atoms with Crippen molar-refractivity contribution in [2.24, 2.45) is 0 Å². The normalized spacial score (nSPS) is 19.9. The summed E-state index contributed by atoms with van der Waals surface area (Å²) in [7, 11) is 3.80. The lowest BCUT2D eigenvalue weighted by molar-refractivity contribution is -0.134. The Morgan fingerprint density at radius 2 is 2.20 bits per heavy atom. The van der Waals surface area contributed by atoms with E-state index in [1.165, 1.54) is 5.56 Å². The molecular weight excluding hydrogens is 252 g/mol. The van der Waals surface area contributed by atoms with Gasteiger partial charge in [-0.25, -0.2) is 0 Å². The fraction of sp³-hybridized carbons (Fsp3) is 0.562. The molecule has 4 heteroatoms. The third-order valence-electron chi connectivity index (χ3n) is 3.94. The molecule has 1 heterocycles. The van der Waals surface area contributed by atoms with Gasteiger partial charge >= 0.3 is 0 Å². The van der Waals surface area contributed by atoms with E-state index in [2.05, 4.69) is 24.1 Å². The van der Waals surface area contributed by atoms with Gasteiger partial charge in [0.2, 0.25) is 5.91 Å². The first-order chi connectivity index (χ1) is 9.65. The molecule has 1 fully saturated rings. The molecule has 0 radical (unpaired) electrons. The number of likely N-dealkylation sites (N-methyl/N-ethyl adjacent to an activating group) is 1. The second kappa shape index (κ2) is 6.75. The number of nitrogens with zero attached hydrogens (tertiary/aromatic N) is 2. The van der Waals surface area contributed by atoms with Crippen molar-refractivity contribution in [2.75, 3.05) is 33.8 Å². The predicted octanol–water partition coefficient (Wildman–Crippen LogP) is 2.31. The standard InChI is InChI=1S/C16H24N2O2/c1-4-6-16(19)18-10-9-17(2)15(12-18)13-7-5-8-14(11-13)20-3/h5,7-8,11,15H,4,6,9-10,12H2,1-3H3. The highest BCUT2D eigenvalue weighted by atomic mass is 16.5. The number of hydrogen-bond acceptors (Lipinski definition) is 3. The van der Waals surface area contributed by atoms with Gasteiger partial charge in [-0.1, -0.05) is 19.1 Å². The fourth-order valence-electron chi connectivity index (χ4n) is 2.68. The first-order valence-electron chi connectivity index (χ1n) is 7.27. The maximum absolute atomic E-state index is 12.1. The number of ether oxygens (including phenoxy) is 1. The summed E-state index contributed by atoms with van der Waals surface area (Å²) in [6.07, 6.45) is 1.56. The molecular formula is C16H24N2O2. The summed E-state index contributed by atoms with van der Waals surface area (Å²) >= 11 is 0. The Balaban J connectivity index is 2.14. The van der Waals surface area contributed by atoms with Gasteiger partial charge in [0.05, 0.1) is 13.2 Å². The van der Waals surface area contributed by atoms with Gasteiger partial charge in [0.25, 0.3) is 0 Å². The van der Waals surface area contributed by atoms with Crippen molar-refractivity contribution in [3.05, 3.63) is 29.8 Å². The third-order valence-corrected chi connectivity index (χ3v) is 3.94. The number of methoxy groups -OCH3 is 1. The zero-order valence-corrected chi connectivity index (χ0v) is 12.6. The zero-order chi connectivity index (χ0) is 14.5. The molecule has 0 saturated carbocycles. The van der Waals surface area contributed by atoms with Crippen LogP contribution in [-0.2, 0) is 4.79 Å². The topological polar surface area (TPSA) is 32.8 Å². The van der Waals surface area contributed by atoms with Crippen LogP contribution in [0.2, 0.25) is 0 Å². The summed E-state index contributed by atoms with van der Waals surface area (Å²) in [5.41, 5.74) is 1.21. The van der Waals surface area contributed by atoms with Crippen molar-refractivity contribution in [1.29, 1.82) is 0 Å². The summed E-state index contributed by atoms with van der Waals surface area (Å²) in [4.78, 5) is 16.4. The molecule has 2 rings (SSSR count). The van der Waals surface area contributed by atoms with Crippen LogP contribution in [-0.4, -0.2) is 49.5 Å². The summed E-state index contributed by atoms with van der Waals surface area (Å²) in [5.74, 6) is 1.14. The van der Waals surface area contributed by atoms with E-state index >= 15 is 0 Å². The van der Waals surface area contributed by atoms with Crippen molar-refractivity contribution in [3.8, 4) is 5.75 Å². The second-order valence-electron chi connectivity index (χ2n) is 5.36. The van der Waals surface area contributed by atoms with Crippen LogP contribution in [0.3, 0.4) is 0 Å². The van der Waals surface area contributed by atoms with E-state index in [1.54, 1.807) is 7.11 Å². The van der Waals surface area contributed by atoms with Crippen molar-refractivity contribution in [2.45, 2.75) is 25.8 Å². The van der Waals surface area contributed by atoms with Gasteiger partial charge in [-0.2, -0.15) is 0 Å². The Bertz CT molecular complexity index is 462. The molecule has 0 aliphatic carbocycles. The minimum Gasteiger partial charge on any atom is -0.497 e. The summed E-state index contributed by atoms with van der Waals surface area (Å²) in [6, 6.07) is 8.38. The molecule has 0 spiro atoms. The first kappa shape index (κ1) is 14.9. The quantitative estimate of drug-likeness (QED) is 0.846. The van der Waals surface area contributed by atoms with Crippen LogP contribution in [0, 0.1) is 0 Å². The van der Waals surface area contributed by atoms with Crippen LogP contribution in [0.1, 0.15) is 31.4 Å². The summed E-state index contributed by atoms with van der Waals surface area (Å²) < 4.78 is 5.29. The van der Waals surface area contributed by atoms with Gasteiger partial charge in [0.15, 0.2) is 0 Å². The Morgan fingerprint density at radius 1 is 1.40 bits per heavy atom. The number of rotatable bonds is 4. The second-order valence-corrected chi connectivity index (χ2v) is 5.36. The number of carbonyl (C=O) groups is 1. The first-order valence-corrected chi connectivity index (χ1v) is 7.27. The molecule has 0 aromatic heterocycles. The molecule has 1 unspecified atom stereocenters. The van der Waals surface area contributed by atoms with E-state index in [0.717, 1.165) is 31.8 Å². The Hall–Kier alpha value is -1.55. The van der Waals surface area contributed by atoms with E-state index < -0.39 is 0 Å². The summed E-state index contributed by atoms with van der Waals surface area (Å²) in [6.45, 7) is 4.56. The molecule has 110 valence electrons. The van der Waals surface area contributed by atoms with Crippen molar-refractivity contribution in [3.63, 3.8) is 0 Å². The molecule has 1 amide bonds. The van der Waals surface area contributed by atoms with Crippen LogP contribution >= 0.6 is 0 Å². The van der Waals surface area contributed by atoms with Gasteiger partial charge in [-0.3, -0.25) is 9.69 Å². The molecule has 1 aliphatic heterocycles. The molecule has 1 aromatic carbocycles. The minimum atomic E-state index is 0.250. The lowest BCUT2D eigenvalue weighted by atomic mass is 10.0. The van der Waals surface area contributed by atoms with Crippen LogP contribution in [0.4, 0.5) is 0 Å². The molecule has 4 nitrogen and oxygen atoms in total. The van der Waals surface area contributed by atoms with E-state index in [4.69, 9.17) is 4.74 Å². The van der Waals surface area contributed by atoms with Gasteiger partial charge in [0.1, 0.15) is 5.75 Å². The lowest BCUT2D eigenvalue weighted by Crippen LogP contribution is -2.48. The van der Waals surface area contributed by atoms with Gasteiger partial charge in [-0.05, 0) is 31.2 Å². The number of piperazine rings is 1. The molecule has 1 aromatic rings. The van der Waals surface area contributed by atoms with Crippen LogP contribution in [0.15, 0.2) is 24.3 Å². The molecule has 1 aliphatic rings. The van der Waals surface area contributed by atoms with Crippen molar-refractivity contribution in [1.82, 2.24) is 9.80 Å². The number of carbonyl (C=O) groups excluding carboxylic acids is 1. The van der Waals surface area contributed by atoms with Crippen molar-refractivity contribution < 1.29 is 9.53 Å². The van der Waals surface area contributed by atoms with E-state index in [1.807, 2.05) is 24.0 Å². The molecule has 0 bridgehead atoms. The van der Waals surface area contributed by atoms with Crippen LogP contribution in [0.25, 0.3) is 0 Å². The van der Waals surface area contributed by atoms with E-state index in [9.17, 15) is 4.79 Å². The Labute approximate surface area is 121 Å². The Morgan fingerprint density at radius 3 is 2.90 bits per heavy atom. The fourth-order valence-corrected chi connectivity index (χ4v) is 2.68. The highest BCUT2D eigenvalue weighted by molar-refractivity contribution is 5.76. The Kier molecular flexibility index (Phi) is 5.01. The molecule has 20 heavy (non-hydrogen) atoms. The highest BCUT2D eigenvalue weighted by Crippen LogP contribution is 2.27. The molecule has 1 saturated heterocycles. The summed E-state index contributed by atoms with van der Waals surface area (Å²) in [5, 5.41) is 0. The van der Waals surface area contributed by atoms with Gasteiger partial charge < -0.3 is 9.64 Å². The largest absolute Gasteiger partial charge is 0.497 e. The monoisotopic (exact) mass is 276 g/mol. The molecule has 0 N–H and O–H groups in total. The van der Waals surface area contributed by atoms with Crippen LogP contribution in [0.5, 0.6) is 5.75 Å². The van der Waals surface area contributed by atoms with Crippen LogP contribution < -0.4 is 4.74 Å². The maximum Gasteiger partial charge on any atom is 0.222 e. The van der Waals surface area contributed by atoms with Crippen molar-refractivity contribution >= 4 is 5.91 Å². The third kappa shape index (κ3) is 3.31. The number of benzene rings is 1. The van der Waals surface area contributed by atoms with E-state index in [-0.39, 0.29) is 11.9 Å². The van der Waals surface area contributed by atoms with E-state index in [0.29, 0.717) is 6.42 Å². The van der Waals surface area contributed by atoms with Gasteiger partial charge in [-0.15, -0.1) is 0 Å². The smallest absolute Gasteiger partial charge is 0.222 e. The predicted molar refractivity (Wildman–Crippen MR) is 79.9 cm³/mol. The average molecular weight is 276 g/mol. The highest BCUT2D eigenvalue weighted by Gasteiger charge is 2.28.